The molecule has 0 unspecified atom stereocenters. The molecule has 0 bridgehead atoms. The number of carboxylic acids is 1. The van der Waals surface area contributed by atoms with Gasteiger partial charge in [0.15, 0.2) is 0 Å². The fraction of sp³-hybridized carbons (Fsp3) is 0.364. The summed E-state index contributed by atoms with van der Waals surface area (Å²) in [5, 5.41) is 11.9. The van der Waals surface area contributed by atoms with Crippen molar-refractivity contribution >= 4 is 11.9 Å². The SMILES string of the molecule is Cc1ccccc1COc1cccc(CC(=O)NCCC(C)(C)C(=O)O)c1. The number of hydrogen-bond donors (Lipinski definition) is 2. The standard InChI is InChI=1S/C22H27NO4/c1-16-7-4-5-9-18(16)15-27-19-10-6-8-17(13-19)14-20(24)23-12-11-22(2,3)21(25)26/h4-10,13H,11-12,14-15H2,1-3H3,(H,23,24)(H,25,26). The van der Waals surface area contributed by atoms with E-state index in [1.54, 1.807) is 13.8 Å². The molecular weight excluding hydrogens is 342 g/mol. The molecule has 0 saturated carbocycles. The van der Waals surface area contributed by atoms with E-state index in [9.17, 15) is 9.59 Å². The number of aryl methyl sites for hydroxylation is 1. The van der Waals surface area contributed by atoms with Crippen LogP contribution in [0.2, 0.25) is 0 Å². The smallest absolute Gasteiger partial charge is 0.309 e. The van der Waals surface area contributed by atoms with Gasteiger partial charge in [-0.3, -0.25) is 9.59 Å². The lowest BCUT2D eigenvalue weighted by Gasteiger charge is -2.18. The van der Waals surface area contributed by atoms with Gasteiger partial charge in [0.25, 0.3) is 0 Å². The molecule has 27 heavy (non-hydrogen) atoms. The summed E-state index contributed by atoms with van der Waals surface area (Å²) in [5.74, 6) is -0.280. The predicted molar refractivity (Wildman–Crippen MR) is 105 cm³/mol. The second-order valence-electron chi connectivity index (χ2n) is 7.33. The van der Waals surface area contributed by atoms with Crippen LogP contribution in [-0.2, 0) is 22.6 Å². The number of hydrogen-bond acceptors (Lipinski definition) is 3. The van der Waals surface area contributed by atoms with E-state index in [-0.39, 0.29) is 12.3 Å². The van der Waals surface area contributed by atoms with Gasteiger partial charge in [0.2, 0.25) is 5.91 Å². The first kappa shape index (κ1) is 20.5. The molecule has 0 aliphatic carbocycles. The van der Waals surface area contributed by atoms with Crippen LogP contribution in [0.5, 0.6) is 5.75 Å². The van der Waals surface area contributed by atoms with Crippen molar-refractivity contribution in [3.05, 3.63) is 65.2 Å². The molecule has 144 valence electrons. The molecule has 1 amide bonds. The normalized spacial score (nSPS) is 11.1. The first-order valence-corrected chi connectivity index (χ1v) is 9.04. The zero-order valence-electron chi connectivity index (χ0n) is 16.1. The quantitative estimate of drug-likeness (QED) is 0.706. The van der Waals surface area contributed by atoms with Gasteiger partial charge >= 0.3 is 5.97 Å². The average Bonchev–Trinajstić information content (AvgIpc) is 2.61. The third kappa shape index (κ3) is 6.44. The number of ether oxygens (including phenoxy) is 1. The van der Waals surface area contributed by atoms with Gasteiger partial charge in [-0.05, 0) is 56.0 Å². The van der Waals surface area contributed by atoms with Crippen LogP contribution in [0.25, 0.3) is 0 Å². The molecule has 0 saturated heterocycles. The van der Waals surface area contributed by atoms with Crippen LogP contribution in [0.1, 0.15) is 37.0 Å². The zero-order valence-corrected chi connectivity index (χ0v) is 16.1. The Morgan fingerprint density at radius 1 is 1.11 bits per heavy atom. The van der Waals surface area contributed by atoms with E-state index in [1.165, 1.54) is 5.56 Å². The minimum Gasteiger partial charge on any atom is -0.489 e. The van der Waals surface area contributed by atoms with Gasteiger partial charge in [-0.1, -0.05) is 36.4 Å². The topological polar surface area (TPSA) is 75.6 Å². The molecule has 2 aromatic carbocycles. The molecule has 2 N–H and O–H groups in total. The number of rotatable bonds is 9. The number of amides is 1. The van der Waals surface area contributed by atoms with Gasteiger partial charge in [-0.2, -0.15) is 0 Å². The molecule has 0 heterocycles. The summed E-state index contributed by atoms with van der Waals surface area (Å²) >= 11 is 0. The van der Waals surface area contributed by atoms with Crippen LogP contribution in [0.3, 0.4) is 0 Å². The lowest BCUT2D eigenvalue weighted by atomic mass is 9.90. The largest absolute Gasteiger partial charge is 0.489 e. The van der Waals surface area contributed by atoms with E-state index in [0.717, 1.165) is 16.9 Å². The molecule has 5 nitrogen and oxygen atoms in total. The van der Waals surface area contributed by atoms with Gasteiger partial charge in [0.1, 0.15) is 12.4 Å². The Hall–Kier alpha value is -2.82. The van der Waals surface area contributed by atoms with Crippen molar-refractivity contribution in [1.82, 2.24) is 5.32 Å². The Bertz CT molecular complexity index is 798. The summed E-state index contributed by atoms with van der Waals surface area (Å²) < 4.78 is 5.85. The maximum Gasteiger partial charge on any atom is 0.309 e. The summed E-state index contributed by atoms with van der Waals surface area (Å²) in [6.45, 7) is 6.16. The third-order valence-electron chi connectivity index (χ3n) is 4.57. The number of carbonyl (C=O) groups is 2. The fourth-order valence-corrected chi connectivity index (χ4v) is 2.55. The number of carboxylic acid groups (broad SMARTS) is 1. The van der Waals surface area contributed by atoms with E-state index in [0.29, 0.717) is 19.6 Å². The molecule has 0 radical (unpaired) electrons. The Kier molecular flexibility index (Phi) is 6.99. The highest BCUT2D eigenvalue weighted by atomic mass is 16.5. The molecule has 0 aliphatic rings. The summed E-state index contributed by atoms with van der Waals surface area (Å²) in [6.07, 6.45) is 0.614. The highest BCUT2D eigenvalue weighted by molar-refractivity contribution is 5.79. The van der Waals surface area contributed by atoms with Crippen molar-refractivity contribution in [3.8, 4) is 5.75 Å². The number of benzene rings is 2. The van der Waals surface area contributed by atoms with E-state index in [4.69, 9.17) is 9.84 Å². The van der Waals surface area contributed by atoms with Crippen LogP contribution < -0.4 is 10.1 Å². The summed E-state index contributed by atoms with van der Waals surface area (Å²) in [4.78, 5) is 23.2. The number of carbonyl (C=O) groups excluding carboxylic acids is 1. The average molecular weight is 369 g/mol. The summed E-state index contributed by atoms with van der Waals surface area (Å²) in [5.41, 5.74) is 2.31. The Labute approximate surface area is 160 Å². The van der Waals surface area contributed by atoms with Crippen LogP contribution in [0.4, 0.5) is 0 Å². The molecule has 0 aromatic heterocycles. The maximum absolute atomic E-state index is 12.1. The van der Waals surface area contributed by atoms with Gasteiger partial charge < -0.3 is 15.2 Å². The molecule has 0 atom stereocenters. The first-order valence-electron chi connectivity index (χ1n) is 9.04. The fourth-order valence-electron chi connectivity index (χ4n) is 2.55. The second-order valence-corrected chi connectivity index (χ2v) is 7.33. The van der Waals surface area contributed by atoms with Crippen molar-refractivity contribution < 1.29 is 19.4 Å². The van der Waals surface area contributed by atoms with Gasteiger partial charge in [0.05, 0.1) is 11.8 Å². The molecule has 2 rings (SSSR count). The molecule has 0 fully saturated rings. The van der Waals surface area contributed by atoms with Crippen molar-refractivity contribution in [2.24, 2.45) is 5.41 Å². The summed E-state index contributed by atoms with van der Waals surface area (Å²) in [7, 11) is 0. The van der Waals surface area contributed by atoms with Crippen molar-refractivity contribution in [1.29, 1.82) is 0 Å². The zero-order chi connectivity index (χ0) is 19.9. The van der Waals surface area contributed by atoms with Gasteiger partial charge in [-0.25, -0.2) is 0 Å². The van der Waals surface area contributed by atoms with Gasteiger partial charge in [-0.15, -0.1) is 0 Å². The highest BCUT2D eigenvalue weighted by Crippen LogP contribution is 2.20. The van der Waals surface area contributed by atoms with E-state index in [1.807, 2.05) is 55.5 Å². The Balaban J connectivity index is 1.85. The third-order valence-corrected chi connectivity index (χ3v) is 4.57. The maximum atomic E-state index is 12.1. The van der Waals surface area contributed by atoms with E-state index >= 15 is 0 Å². The summed E-state index contributed by atoms with van der Waals surface area (Å²) in [6, 6.07) is 15.5. The van der Waals surface area contributed by atoms with Crippen molar-refractivity contribution in [2.45, 2.75) is 40.2 Å². The lowest BCUT2D eigenvalue weighted by Crippen LogP contribution is -2.32. The minimum absolute atomic E-state index is 0.132. The molecule has 0 spiro atoms. The van der Waals surface area contributed by atoms with Crippen molar-refractivity contribution in [3.63, 3.8) is 0 Å². The Morgan fingerprint density at radius 3 is 2.56 bits per heavy atom. The van der Waals surface area contributed by atoms with Crippen LogP contribution in [-0.4, -0.2) is 23.5 Å². The van der Waals surface area contributed by atoms with Crippen molar-refractivity contribution in [2.75, 3.05) is 6.54 Å². The second kappa shape index (κ2) is 9.21. The molecule has 5 heteroatoms. The van der Waals surface area contributed by atoms with Crippen LogP contribution in [0.15, 0.2) is 48.5 Å². The first-order chi connectivity index (χ1) is 12.8. The molecule has 0 aliphatic heterocycles. The predicted octanol–water partition coefficient (Wildman–Crippen LogP) is 3.73. The number of aliphatic carboxylic acids is 1. The van der Waals surface area contributed by atoms with E-state index < -0.39 is 11.4 Å². The van der Waals surface area contributed by atoms with E-state index in [2.05, 4.69) is 5.32 Å². The Morgan fingerprint density at radius 2 is 1.85 bits per heavy atom. The number of nitrogens with one attached hydrogen (secondary N) is 1. The van der Waals surface area contributed by atoms with Gasteiger partial charge in [0, 0.05) is 6.54 Å². The highest BCUT2D eigenvalue weighted by Gasteiger charge is 2.26. The minimum atomic E-state index is -0.866. The lowest BCUT2D eigenvalue weighted by molar-refractivity contribution is -0.147. The molecule has 2 aromatic rings. The van der Waals surface area contributed by atoms with Crippen LogP contribution in [0, 0.1) is 12.3 Å². The molecular formula is C22H27NO4. The monoisotopic (exact) mass is 369 g/mol. The van der Waals surface area contributed by atoms with Crippen LogP contribution >= 0.6 is 0 Å².